The second kappa shape index (κ2) is 4.19. The van der Waals surface area contributed by atoms with Gasteiger partial charge in [-0.15, -0.1) is 0 Å². The summed E-state index contributed by atoms with van der Waals surface area (Å²) in [6.07, 6.45) is 3.36. The normalized spacial score (nSPS) is 21.3. The van der Waals surface area contributed by atoms with Crippen LogP contribution in [0.2, 0.25) is 5.02 Å². The highest BCUT2D eigenvalue weighted by Crippen LogP contribution is 2.31. The van der Waals surface area contributed by atoms with E-state index >= 15 is 0 Å². The first-order chi connectivity index (χ1) is 7.15. The number of hydrogen-bond donors (Lipinski definition) is 0. The van der Waals surface area contributed by atoms with E-state index in [1.165, 1.54) is 11.1 Å². The second-order valence-corrected chi connectivity index (χ2v) is 4.55. The quantitative estimate of drug-likeness (QED) is 0.705. The van der Waals surface area contributed by atoms with E-state index in [4.69, 9.17) is 11.6 Å². The van der Waals surface area contributed by atoms with E-state index in [1.807, 2.05) is 31.2 Å². The van der Waals surface area contributed by atoms with Gasteiger partial charge >= 0.3 is 0 Å². The summed E-state index contributed by atoms with van der Waals surface area (Å²) < 4.78 is 0. The van der Waals surface area contributed by atoms with Crippen LogP contribution >= 0.6 is 11.6 Å². The van der Waals surface area contributed by atoms with E-state index in [1.54, 1.807) is 6.08 Å². The minimum Gasteiger partial charge on any atom is -0.295 e. The lowest BCUT2D eigenvalue weighted by Crippen LogP contribution is -2.11. The zero-order chi connectivity index (χ0) is 10.8. The van der Waals surface area contributed by atoms with Crippen LogP contribution in [0.15, 0.2) is 35.9 Å². The first-order valence-electron chi connectivity index (χ1n) is 5.10. The largest absolute Gasteiger partial charge is 0.295 e. The Bertz CT molecular complexity index is 403. The Kier molecular flexibility index (Phi) is 2.92. The molecule has 0 aliphatic heterocycles. The Morgan fingerprint density at radius 2 is 1.87 bits per heavy atom. The van der Waals surface area contributed by atoms with E-state index in [9.17, 15) is 4.79 Å². The van der Waals surface area contributed by atoms with Crippen molar-refractivity contribution in [2.75, 3.05) is 0 Å². The van der Waals surface area contributed by atoms with Gasteiger partial charge in [-0.1, -0.05) is 29.3 Å². The highest BCUT2D eigenvalue weighted by molar-refractivity contribution is 6.30. The molecule has 0 saturated heterocycles. The van der Waals surface area contributed by atoms with Gasteiger partial charge in [0.1, 0.15) is 0 Å². The van der Waals surface area contributed by atoms with Crippen LogP contribution in [0.4, 0.5) is 0 Å². The van der Waals surface area contributed by atoms with Gasteiger partial charge < -0.3 is 0 Å². The summed E-state index contributed by atoms with van der Waals surface area (Å²) >= 11 is 5.83. The van der Waals surface area contributed by atoms with Gasteiger partial charge in [0.25, 0.3) is 0 Å². The monoisotopic (exact) mass is 220 g/mol. The molecule has 1 aromatic carbocycles. The van der Waals surface area contributed by atoms with Crippen molar-refractivity contribution < 1.29 is 4.79 Å². The molecule has 0 saturated carbocycles. The molecule has 0 bridgehead atoms. The number of allylic oxidation sites excluding steroid dienone is 2. The molecule has 0 N–H and O–H groups in total. The van der Waals surface area contributed by atoms with E-state index in [0.717, 1.165) is 11.4 Å². The molecular weight excluding hydrogens is 208 g/mol. The van der Waals surface area contributed by atoms with E-state index < -0.39 is 0 Å². The average Bonchev–Trinajstić information content (AvgIpc) is 2.17. The molecule has 0 amide bonds. The summed E-state index contributed by atoms with van der Waals surface area (Å²) in [7, 11) is 0. The maximum absolute atomic E-state index is 11.4. The lowest BCUT2D eigenvalue weighted by Gasteiger charge is -2.20. The van der Waals surface area contributed by atoms with E-state index in [2.05, 4.69) is 0 Å². The third kappa shape index (κ3) is 2.48. The molecule has 1 aliphatic carbocycles. The van der Waals surface area contributed by atoms with Crippen LogP contribution in [0, 0.1) is 0 Å². The molecule has 0 radical (unpaired) electrons. The Hall–Kier alpha value is -1.08. The van der Waals surface area contributed by atoms with Gasteiger partial charge in [-0.25, -0.2) is 0 Å². The molecule has 1 aromatic rings. The van der Waals surface area contributed by atoms with Crippen LogP contribution in [0.5, 0.6) is 0 Å². The fourth-order valence-electron chi connectivity index (χ4n) is 2.07. The Balaban J connectivity index is 2.22. The zero-order valence-corrected chi connectivity index (χ0v) is 9.42. The Labute approximate surface area is 94.8 Å². The molecular formula is C13H13ClO. The molecule has 0 heterocycles. The van der Waals surface area contributed by atoms with E-state index in [0.29, 0.717) is 12.3 Å². The van der Waals surface area contributed by atoms with Gasteiger partial charge in [-0.05, 0) is 43.0 Å². The van der Waals surface area contributed by atoms with Gasteiger partial charge in [0.2, 0.25) is 0 Å². The summed E-state index contributed by atoms with van der Waals surface area (Å²) in [6, 6.07) is 7.79. The first kappa shape index (κ1) is 10.4. The third-order valence-corrected chi connectivity index (χ3v) is 3.02. The molecule has 2 rings (SSSR count). The van der Waals surface area contributed by atoms with Crippen molar-refractivity contribution >= 4 is 17.4 Å². The summed E-state index contributed by atoms with van der Waals surface area (Å²) in [5.74, 6) is 0.568. The SMILES string of the molecule is CC1=CC(=O)CC(c2ccc(Cl)cc2)C1. The molecule has 0 fully saturated rings. The molecule has 0 aromatic heterocycles. The minimum atomic E-state index is 0.235. The minimum absolute atomic E-state index is 0.235. The average molecular weight is 221 g/mol. The maximum Gasteiger partial charge on any atom is 0.156 e. The standard InChI is InChI=1S/C13H13ClO/c1-9-6-11(8-13(15)7-9)10-2-4-12(14)5-3-10/h2-5,7,11H,6,8H2,1H3. The van der Waals surface area contributed by atoms with Crippen LogP contribution in [0.25, 0.3) is 0 Å². The predicted octanol–water partition coefficient (Wildman–Crippen LogP) is 3.73. The highest BCUT2D eigenvalue weighted by atomic mass is 35.5. The van der Waals surface area contributed by atoms with Crippen LogP contribution in [0.1, 0.15) is 31.2 Å². The topological polar surface area (TPSA) is 17.1 Å². The summed E-state index contributed by atoms with van der Waals surface area (Å²) in [6.45, 7) is 2.01. The Morgan fingerprint density at radius 1 is 1.20 bits per heavy atom. The number of halogens is 1. The van der Waals surface area contributed by atoms with Crippen molar-refractivity contribution in [1.29, 1.82) is 0 Å². The van der Waals surface area contributed by atoms with Gasteiger partial charge in [-0.2, -0.15) is 0 Å². The molecule has 1 atom stereocenters. The molecule has 0 spiro atoms. The highest BCUT2D eigenvalue weighted by Gasteiger charge is 2.19. The van der Waals surface area contributed by atoms with E-state index in [-0.39, 0.29) is 5.78 Å². The predicted molar refractivity (Wildman–Crippen MR) is 62.2 cm³/mol. The third-order valence-electron chi connectivity index (χ3n) is 2.76. The van der Waals surface area contributed by atoms with Crippen molar-refractivity contribution in [2.24, 2.45) is 0 Å². The molecule has 78 valence electrons. The van der Waals surface area contributed by atoms with Gasteiger partial charge in [0.15, 0.2) is 5.78 Å². The lowest BCUT2D eigenvalue weighted by molar-refractivity contribution is -0.115. The zero-order valence-electron chi connectivity index (χ0n) is 8.66. The second-order valence-electron chi connectivity index (χ2n) is 4.11. The summed E-state index contributed by atoms with van der Waals surface area (Å²) in [5.41, 5.74) is 2.38. The molecule has 1 aliphatic rings. The molecule has 2 heteroatoms. The fraction of sp³-hybridized carbons (Fsp3) is 0.308. The fourth-order valence-corrected chi connectivity index (χ4v) is 2.19. The summed E-state index contributed by atoms with van der Waals surface area (Å²) in [5, 5.41) is 0.744. The van der Waals surface area contributed by atoms with Crippen molar-refractivity contribution in [3.63, 3.8) is 0 Å². The number of rotatable bonds is 1. The number of benzene rings is 1. The van der Waals surface area contributed by atoms with Crippen LogP contribution in [0.3, 0.4) is 0 Å². The number of carbonyl (C=O) groups excluding carboxylic acids is 1. The van der Waals surface area contributed by atoms with Crippen molar-refractivity contribution in [2.45, 2.75) is 25.7 Å². The molecule has 1 nitrogen and oxygen atoms in total. The van der Waals surface area contributed by atoms with Crippen molar-refractivity contribution in [3.8, 4) is 0 Å². The van der Waals surface area contributed by atoms with Gasteiger partial charge in [0.05, 0.1) is 0 Å². The molecule has 1 unspecified atom stereocenters. The molecule has 15 heavy (non-hydrogen) atoms. The van der Waals surface area contributed by atoms with Gasteiger partial charge in [0, 0.05) is 11.4 Å². The summed E-state index contributed by atoms with van der Waals surface area (Å²) in [4.78, 5) is 11.4. The first-order valence-corrected chi connectivity index (χ1v) is 5.48. The van der Waals surface area contributed by atoms with Crippen LogP contribution in [-0.2, 0) is 4.79 Å². The smallest absolute Gasteiger partial charge is 0.156 e. The van der Waals surface area contributed by atoms with Crippen molar-refractivity contribution in [3.05, 3.63) is 46.5 Å². The number of ketones is 1. The number of carbonyl (C=O) groups is 1. The van der Waals surface area contributed by atoms with Gasteiger partial charge in [-0.3, -0.25) is 4.79 Å². The Morgan fingerprint density at radius 3 is 2.47 bits per heavy atom. The van der Waals surface area contributed by atoms with Crippen LogP contribution < -0.4 is 0 Å². The van der Waals surface area contributed by atoms with Crippen LogP contribution in [-0.4, -0.2) is 5.78 Å². The number of hydrogen-bond acceptors (Lipinski definition) is 1. The maximum atomic E-state index is 11.4. The van der Waals surface area contributed by atoms with Crippen molar-refractivity contribution in [1.82, 2.24) is 0 Å². The lowest BCUT2D eigenvalue weighted by atomic mass is 9.84.